The zero-order chi connectivity index (χ0) is 19.5. The van der Waals surface area contributed by atoms with Gasteiger partial charge in [0.25, 0.3) is 5.91 Å². The molecule has 2 aromatic carbocycles. The second-order valence-electron chi connectivity index (χ2n) is 7.46. The van der Waals surface area contributed by atoms with E-state index in [1.165, 1.54) is 0 Å². The van der Waals surface area contributed by atoms with Crippen molar-refractivity contribution in [3.63, 3.8) is 0 Å². The molecule has 1 fully saturated rings. The lowest BCUT2D eigenvalue weighted by atomic mass is 9.96. The molecule has 0 unspecified atom stereocenters. The summed E-state index contributed by atoms with van der Waals surface area (Å²) in [5.74, 6) is 0.572. The molecule has 6 heteroatoms. The topological polar surface area (TPSA) is 64.2 Å². The van der Waals surface area contributed by atoms with Crippen LogP contribution in [-0.4, -0.2) is 40.2 Å². The highest BCUT2D eigenvalue weighted by Crippen LogP contribution is 2.28. The van der Waals surface area contributed by atoms with E-state index in [9.17, 15) is 4.79 Å². The van der Waals surface area contributed by atoms with Gasteiger partial charge in [0.1, 0.15) is 5.69 Å². The number of aryl methyl sites for hydroxylation is 1. The van der Waals surface area contributed by atoms with E-state index in [1.807, 2.05) is 64.3 Å². The summed E-state index contributed by atoms with van der Waals surface area (Å²) in [6, 6.07) is 18.0. The highest BCUT2D eigenvalue weighted by atomic mass is 35.5. The van der Waals surface area contributed by atoms with Crippen LogP contribution in [0.1, 0.15) is 28.8 Å². The molecule has 4 rings (SSSR count). The first-order chi connectivity index (χ1) is 13.7. The first kappa shape index (κ1) is 21.1. The molecule has 0 spiro atoms. The Hall–Kier alpha value is -2.63. The molecule has 0 bridgehead atoms. The standard InChI is InChI=1S/C23H26N4O.ClH/c1-17-7-5-6-10-20(17)22-21(16-27(25-22)19-8-3-2-4-9-19)23(28)26-13-11-18(15-24)12-14-26;/h2-10,16,18H,11-15,24H2,1H3;1H. The number of nitrogens with two attached hydrogens (primary N) is 1. The van der Waals surface area contributed by atoms with E-state index in [4.69, 9.17) is 10.8 Å². The number of piperidine rings is 1. The van der Waals surface area contributed by atoms with Crippen molar-refractivity contribution in [2.24, 2.45) is 11.7 Å². The van der Waals surface area contributed by atoms with Crippen molar-refractivity contribution in [1.29, 1.82) is 0 Å². The van der Waals surface area contributed by atoms with E-state index in [-0.39, 0.29) is 18.3 Å². The van der Waals surface area contributed by atoms with Crippen LogP contribution in [0, 0.1) is 12.8 Å². The number of likely N-dealkylation sites (tertiary alicyclic amines) is 1. The Balaban J connectivity index is 0.00000240. The maximum Gasteiger partial charge on any atom is 0.257 e. The summed E-state index contributed by atoms with van der Waals surface area (Å²) >= 11 is 0. The summed E-state index contributed by atoms with van der Waals surface area (Å²) in [6.45, 7) is 4.26. The number of carbonyl (C=O) groups excluding carboxylic acids is 1. The van der Waals surface area contributed by atoms with Crippen LogP contribution < -0.4 is 5.73 Å². The molecule has 1 saturated heterocycles. The van der Waals surface area contributed by atoms with Crippen LogP contribution in [0.4, 0.5) is 0 Å². The third-order valence-corrected chi connectivity index (χ3v) is 5.60. The minimum Gasteiger partial charge on any atom is -0.339 e. The van der Waals surface area contributed by atoms with Crippen molar-refractivity contribution in [3.8, 4) is 16.9 Å². The molecule has 152 valence electrons. The molecule has 1 aliphatic heterocycles. The first-order valence-corrected chi connectivity index (χ1v) is 9.88. The van der Waals surface area contributed by atoms with Gasteiger partial charge in [-0.1, -0.05) is 42.5 Å². The predicted molar refractivity (Wildman–Crippen MR) is 119 cm³/mol. The maximum atomic E-state index is 13.4. The molecule has 0 atom stereocenters. The van der Waals surface area contributed by atoms with Gasteiger partial charge in [-0.2, -0.15) is 5.10 Å². The lowest BCUT2D eigenvalue weighted by Crippen LogP contribution is -2.40. The van der Waals surface area contributed by atoms with Gasteiger partial charge in [0.2, 0.25) is 0 Å². The van der Waals surface area contributed by atoms with Gasteiger partial charge in [0.15, 0.2) is 0 Å². The average Bonchev–Trinajstić information content (AvgIpc) is 3.19. The van der Waals surface area contributed by atoms with E-state index in [0.717, 1.165) is 48.4 Å². The second-order valence-corrected chi connectivity index (χ2v) is 7.46. The monoisotopic (exact) mass is 410 g/mol. The molecule has 0 saturated carbocycles. The Morgan fingerprint density at radius 1 is 1.07 bits per heavy atom. The van der Waals surface area contributed by atoms with E-state index >= 15 is 0 Å². The number of hydrogen-bond acceptors (Lipinski definition) is 3. The molecule has 0 aliphatic carbocycles. The summed E-state index contributed by atoms with van der Waals surface area (Å²) in [7, 11) is 0. The maximum absolute atomic E-state index is 13.4. The van der Waals surface area contributed by atoms with Gasteiger partial charge in [-0.3, -0.25) is 4.79 Å². The Morgan fingerprint density at radius 3 is 2.38 bits per heavy atom. The third-order valence-electron chi connectivity index (χ3n) is 5.60. The van der Waals surface area contributed by atoms with Crippen molar-refractivity contribution in [1.82, 2.24) is 14.7 Å². The van der Waals surface area contributed by atoms with Crippen LogP contribution in [0.5, 0.6) is 0 Å². The molecule has 1 aromatic heterocycles. The molecular weight excluding hydrogens is 384 g/mol. The van der Waals surface area contributed by atoms with Crippen LogP contribution in [0.15, 0.2) is 60.8 Å². The number of benzene rings is 2. The number of para-hydroxylation sites is 1. The summed E-state index contributed by atoms with van der Waals surface area (Å²) < 4.78 is 1.81. The smallest absolute Gasteiger partial charge is 0.257 e. The molecule has 0 radical (unpaired) electrons. The normalized spacial score (nSPS) is 14.5. The van der Waals surface area contributed by atoms with Crippen molar-refractivity contribution < 1.29 is 4.79 Å². The summed E-state index contributed by atoms with van der Waals surface area (Å²) in [6.07, 6.45) is 3.80. The van der Waals surface area contributed by atoms with E-state index in [0.29, 0.717) is 18.0 Å². The minimum absolute atomic E-state index is 0. The Morgan fingerprint density at radius 2 is 1.72 bits per heavy atom. The highest BCUT2D eigenvalue weighted by molar-refractivity contribution is 6.00. The Bertz CT molecular complexity index is 962. The minimum atomic E-state index is 0. The molecule has 2 heterocycles. The van der Waals surface area contributed by atoms with Crippen LogP contribution in [0.25, 0.3) is 16.9 Å². The average molecular weight is 411 g/mol. The number of halogens is 1. The summed E-state index contributed by atoms with van der Waals surface area (Å²) in [5, 5.41) is 4.81. The van der Waals surface area contributed by atoms with Crippen molar-refractivity contribution in [2.75, 3.05) is 19.6 Å². The van der Waals surface area contributed by atoms with Crippen molar-refractivity contribution >= 4 is 18.3 Å². The van der Waals surface area contributed by atoms with Gasteiger partial charge in [-0.25, -0.2) is 4.68 Å². The van der Waals surface area contributed by atoms with Crippen molar-refractivity contribution in [3.05, 3.63) is 71.9 Å². The molecular formula is C23H27ClN4O. The zero-order valence-electron chi connectivity index (χ0n) is 16.6. The largest absolute Gasteiger partial charge is 0.339 e. The van der Waals surface area contributed by atoms with Gasteiger partial charge in [-0.05, 0) is 49.9 Å². The lowest BCUT2D eigenvalue weighted by Gasteiger charge is -2.31. The number of carbonyl (C=O) groups is 1. The van der Waals surface area contributed by atoms with Crippen LogP contribution in [-0.2, 0) is 0 Å². The van der Waals surface area contributed by atoms with E-state index in [1.54, 1.807) is 0 Å². The van der Waals surface area contributed by atoms with Gasteiger partial charge in [0, 0.05) is 24.8 Å². The fraction of sp³-hybridized carbons (Fsp3) is 0.304. The van der Waals surface area contributed by atoms with Crippen molar-refractivity contribution in [2.45, 2.75) is 19.8 Å². The number of nitrogens with zero attached hydrogens (tertiary/aromatic N) is 3. The van der Waals surface area contributed by atoms with E-state index in [2.05, 4.69) is 13.0 Å². The van der Waals surface area contributed by atoms with Gasteiger partial charge >= 0.3 is 0 Å². The van der Waals surface area contributed by atoms with E-state index < -0.39 is 0 Å². The number of amides is 1. The molecule has 1 aliphatic rings. The summed E-state index contributed by atoms with van der Waals surface area (Å²) in [4.78, 5) is 15.3. The SMILES string of the molecule is Cc1ccccc1-c1nn(-c2ccccc2)cc1C(=O)N1CCC(CN)CC1.Cl. The molecule has 29 heavy (non-hydrogen) atoms. The molecule has 5 nitrogen and oxygen atoms in total. The van der Waals surface area contributed by atoms with Gasteiger partial charge in [-0.15, -0.1) is 12.4 Å². The third kappa shape index (κ3) is 4.36. The number of aromatic nitrogens is 2. The Kier molecular flexibility index (Phi) is 6.72. The fourth-order valence-electron chi connectivity index (χ4n) is 3.82. The Labute approximate surface area is 177 Å². The van der Waals surface area contributed by atoms with Crippen LogP contribution >= 0.6 is 12.4 Å². The lowest BCUT2D eigenvalue weighted by molar-refractivity contribution is 0.0694. The highest BCUT2D eigenvalue weighted by Gasteiger charge is 2.27. The first-order valence-electron chi connectivity index (χ1n) is 9.88. The summed E-state index contributed by atoms with van der Waals surface area (Å²) in [5.41, 5.74) is 10.3. The molecule has 3 aromatic rings. The second kappa shape index (κ2) is 9.25. The van der Waals surface area contributed by atoms with Gasteiger partial charge in [0.05, 0.1) is 11.3 Å². The fourth-order valence-corrected chi connectivity index (χ4v) is 3.82. The molecule has 1 amide bonds. The quantitative estimate of drug-likeness (QED) is 0.704. The number of rotatable bonds is 4. The zero-order valence-corrected chi connectivity index (χ0v) is 17.4. The van der Waals surface area contributed by atoms with Gasteiger partial charge < -0.3 is 10.6 Å². The van der Waals surface area contributed by atoms with Crippen LogP contribution in [0.3, 0.4) is 0 Å². The predicted octanol–water partition coefficient (Wildman–Crippen LogP) is 4.08. The number of hydrogen-bond donors (Lipinski definition) is 1. The van der Waals surface area contributed by atoms with Crippen LogP contribution in [0.2, 0.25) is 0 Å². The molecule has 2 N–H and O–H groups in total.